The number of para-hydroxylation sites is 1. The summed E-state index contributed by atoms with van der Waals surface area (Å²) in [7, 11) is 0. The van der Waals surface area contributed by atoms with Gasteiger partial charge in [-0.25, -0.2) is 4.79 Å². The molecular formula is C27H45NO2. The summed E-state index contributed by atoms with van der Waals surface area (Å²) in [4.78, 5) is 14.0. The third-order valence-electron chi connectivity index (χ3n) is 5.45. The number of carbonyl (C=O) groups excluding carboxylic acids is 1. The van der Waals surface area contributed by atoms with Gasteiger partial charge in [0.2, 0.25) is 0 Å². The second-order valence-electron chi connectivity index (χ2n) is 8.12. The molecule has 0 spiro atoms. The average Bonchev–Trinajstić information content (AvgIpc) is 2.76. The Morgan fingerprint density at radius 3 is 1.87 bits per heavy atom. The highest BCUT2D eigenvalue weighted by molar-refractivity contribution is 5.87. The van der Waals surface area contributed by atoms with E-state index in [1.165, 1.54) is 77.0 Å². The van der Waals surface area contributed by atoms with Crippen molar-refractivity contribution in [2.75, 3.05) is 18.1 Å². The highest BCUT2D eigenvalue weighted by Gasteiger charge is 2.15. The number of hydrogen-bond acceptors (Lipinski definition) is 2. The molecule has 170 valence electrons. The van der Waals surface area contributed by atoms with E-state index >= 15 is 0 Å². The molecule has 0 aliphatic carbocycles. The van der Waals surface area contributed by atoms with Crippen molar-refractivity contribution in [3.8, 4) is 0 Å². The quantitative estimate of drug-likeness (QED) is 0.177. The largest absolute Gasteiger partial charge is 0.449 e. The molecule has 0 bridgehead atoms. The van der Waals surface area contributed by atoms with Gasteiger partial charge in [-0.05, 0) is 51.2 Å². The Kier molecular flexibility index (Phi) is 16.8. The summed E-state index contributed by atoms with van der Waals surface area (Å²) in [6, 6.07) is 9.83. The van der Waals surface area contributed by atoms with Crippen LogP contribution in [0.4, 0.5) is 10.5 Å². The number of hydrogen-bond donors (Lipinski definition) is 0. The molecular weight excluding hydrogens is 370 g/mol. The Hall–Kier alpha value is -1.77. The normalized spacial score (nSPS) is 11.1. The minimum absolute atomic E-state index is 0.239. The Balaban J connectivity index is 2.02. The molecule has 0 heterocycles. The molecule has 3 heteroatoms. The minimum Gasteiger partial charge on any atom is -0.449 e. The summed E-state index contributed by atoms with van der Waals surface area (Å²) in [5, 5.41) is 0. The van der Waals surface area contributed by atoms with Crippen LogP contribution in [0.2, 0.25) is 0 Å². The van der Waals surface area contributed by atoms with E-state index in [9.17, 15) is 4.79 Å². The monoisotopic (exact) mass is 415 g/mol. The Bertz CT molecular complexity index is 541. The number of benzene rings is 1. The molecule has 0 N–H and O–H groups in total. The lowest BCUT2D eigenvalue weighted by molar-refractivity contribution is 0.159. The van der Waals surface area contributed by atoms with Crippen LogP contribution in [0.5, 0.6) is 0 Å². The van der Waals surface area contributed by atoms with Crippen molar-refractivity contribution >= 4 is 11.8 Å². The first-order chi connectivity index (χ1) is 14.8. The van der Waals surface area contributed by atoms with Gasteiger partial charge in [-0.3, -0.25) is 4.90 Å². The van der Waals surface area contributed by atoms with E-state index in [-0.39, 0.29) is 6.09 Å². The molecule has 0 atom stereocenters. The van der Waals surface area contributed by atoms with Gasteiger partial charge < -0.3 is 4.74 Å². The Morgan fingerprint density at radius 1 is 0.767 bits per heavy atom. The summed E-state index contributed by atoms with van der Waals surface area (Å²) < 4.78 is 5.22. The van der Waals surface area contributed by atoms with Gasteiger partial charge in [0.15, 0.2) is 0 Å². The highest BCUT2D eigenvalue weighted by Crippen LogP contribution is 2.17. The summed E-state index contributed by atoms with van der Waals surface area (Å²) in [5.41, 5.74) is 0.920. The van der Waals surface area contributed by atoms with Crippen molar-refractivity contribution in [3.63, 3.8) is 0 Å². The fourth-order valence-electron chi connectivity index (χ4n) is 3.65. The number of carbonyl (C=O) groups is 1. The molecule has 0 unspecified atom stereocenters. The lowest BCUT2D eigenvalue weighted by atomic mass is 10.1. The van der Waals surface area contributed by atoms with Crippen LogP contribution in [-0.4, -0.2) is 19.2 Å². The molecule has 1 aromatic carbocycles. The zero-order chi connectivity index (χ0) is 21.7. The highest BCUT2D eigenvalue weighted by atomic mass is 16.6. The molecule has 30 heavy (non-hydrogen) atoms. The first kappa shape index (κ1) is 26.3. The molecule has 0 aliphatic rings. The van der Waals surface area contributed by atoms with Gasteiger partial charge in [-0.1, -0.05) is 95.1 Å². The minimum atomic E-state index is -0.239. The molecule has 1 rings (SSSR count). The summed E-state index contributed by atoms with van der Waals surface area (Å²) in [5.74, 6) is 0. The number of ether oxygens (including phenoxy) is 1. The SMILES string of the molecule is CCCCCCCCC=CCCCCCCCCN(C(=O)OCC)c1ccccc1. The maximum atomic E-state index is 12.2. The average molecular weight is 416 g/mol. The standard InChI is InChI=1S/C27H45NO2/c1-3-5-6-7-8-9-10-11-12-13-14-15-16-17-18-22-25-28(27(29)30-4-2)26-23-20-19-21-24-26/h11-12,19-21,23-24H,3-10,13-18,22,25H2,1-2H3. The van der Waals surface area contributed by atoms with Crippen molar-refractivity contribution in [1.29, 1.82) is 0 Å². The van der Waals surface area contributed by atoms with Crippen LogP contribution in [-0.2, 0) is 4.74 Å². The van der Waals surface area contributed by atoms with Crippen LogP contribution >= 0.6 is 0 Å². The molecule has 0 aromatic heterocycles. The molecule has 0 saturated heterocycles. The fraction of sp³-hybridized carbons (Fsp3) is 0.667. The maximum absolute atomic E-state index is 12.2. The third kappa shape index (κ3) is 13.5. The topological polar surface area (TPSA) is 29.5 Å². The van der Waals surface area contributed by atoms with Crippen LogP contribution in [0, 0.1) is 0 Å². The predicted molar refractivity (Wildman–Crippen MR) is 130 cm³/mol. The van der Waals surface area contributed by atoms with Crippen molar-refractivity contribution in [3.05, 3.63) is 42.5 Å². The van der Waals surface area contributed by atoms with E-state index in [1.807, 2.05) is 37.3 Å². The van der Waals surface area contributed by atoms with Crippen LogP contribution in [0.1, 0.15) is 104 Å². The lowest BCUT2D eigenvalue weighted by Gasteiger charge is -2.21. The van der Waals surface area contributed by atoms with Crippen LogP contribution < -0.4 is 4.90 Å². The smallest absolute Gasteiger partial charge is 0.414 e. The second-order valence-corrected chi connectivity index (χ2v) is 8.12. The van der Waals surface area contributed by atoms with Crippen LogP contribution in [0.25, 0.3) is 0 Å². The van der Waals surface area contributed by atoms with E-state index < -0.39 is 0 Å². The van der Waals surface area contributed by atoms with Gasteiger partial charge in [0.1, 0.15) is 0 Å². The van der Waals surface area contributed by atoms with E-state index in [2.05, 4.69) is 19.1 Å². The molecule has 0 fully saturated rings. The molecule has 0 aliphatic heterocycles. The number of allylic oxidation sites excluding steroid dienone is 2. The zero-order valence-electron chi connectivity index (χ0n) is 19.6. The van der Waals surface area contributed by atoms with Crippen LogP contribution in [0.15, 0.2) is 42.5 Å². The molecule has 1 amide bonds. The van der Waals surface area contributed by atoms with E-state index in [4.69, 9.17) is 4.74 Å². The predicted octanol–water partition coefficient (Wildman–Crippen LogP) is 8.69. The first-order valence-electron chi connectivity index (χ1n) is 12.4. The van der Waals surface area contributed by atoms with Gasteiger partial charge in [0.05, 0.1) is 6.61 Å². The van der Waals surface area contributed by atoms with Gasteiger partial charge in [-0.2, -0.15) is 0 Å². The summed E-state index contributed by atoms with van der Waals surface area (Å²) >= 11 is 0. The van der Waals surface area contributed by atoms with Crippen LogP contribution in [0.3, 0.4) is 0 Å². The van der Waals surface area contributed by atoms with Crippen molar-refractivity contribution < 1.29 is 9.53 Å². The summed E-state index contributed by atoms with van der Waals surface area (Å²) in [6.45, 7) is 5.26. The van der Waals surface area contributed by atoms with E-state index in [1.54, 1.807) is 4.90 Å². The zero-order valence-corrected chi connectivity index (χ0v) is 19.6. The summed E-state index contributed by atoms with van der Waals surface area (Å²) in [6.07, 6.45) is 22.6. The van der Waals surface area contributed by atoms with Gasteiger partial charge in [0.25, 0.3) is 0 Å². The lowest BCUT2D eigenvalue weighted by Crippen LogP contribution is -2.32. The number of unbranched alkanes of at least 4 members (excludes halogenated alkanes) is 12. The first-order valence-corrected chi connectivity index (χ1v) is 12.4. The van der Waals surface area contributed by atoms with Gasteiger partial charge in [0, 0.05) is 12.2 Å². The number of nitrogens with zero attached hydrogens (tertiary/aromatic N) is 1. The Morgan fingerprint density at radius 2 is 1.30 bits per heavy atom. The van der Waals surface area contributed by atoms with E-state index in [0.717, 1.165) is 25.1 Å². The van der Waals surface area contributed by atoms with Gasteiger partial charge >= 0.3 is 6.09 Å². The van der Waals surface area contributed by atoms with Crippen molar-refractivity contribution in [2.45, 2.75) is 104 Å². The fourth-order valence-corrected chi connectivity index (χ4v) is 3.65. The maximum Gasteiger partial charge on any atom is 0.414 e. The Labute approximate surface area is 185 Å². The number of rotatable bonds is 18. The number of amides is 1. The second kappa shape index (κ2) is 19.2. The van der Waals surface area contributed by atoms with Gasteiger partial charge in [-0.15, -0.1) is 0 Å². The van der Waals surface area contributed by atoms with Crippen molar-refractivity contribution in [2.24, 2.45) is 0 Å². The molecule has 3 nitrogen and oxygen atoms in total. The molecule has 1 aromatic rings. The number of anilines is 1. The molecule has 0 saturated carbocycles. The van der Waals surface area contributed by atoms with E-state index in [0.29, 0.717) is 6.61 Å². The third-order valence-corrected chi connectivity index (χ3v) is 5.45. The molecule has 0 radical (unpaired) electrons. The van der Waals surface area contributed by atoms with Crippen molar-refractivity contribution in [1.82, 2.24) is 0 Å².